The van der Waals surface area contributed by atoms with Crippen LogP contribution >= 0.6 is 0 Å². The average Bonchev–Trinajstić information content (AvgIpc) is 3.16. The number of nitrogens with zero attached hydrogens (tertiary/aromatic N) is 2. The van der Waals surface area contributed by atoms with E-state index in [0.717, 1.165) is 37.4 Å². The Kier molecular flexibility index (Phi) is 4.12. The molecular formula is C22H26N2O. The molecule has 0 N–H and O–H groups in total. The van der Waals surface area contributed by atoms with Gasteiger partial charge in [0.05, 0.1) is 11.1 Å². The van der Waals surface area contributed by atoms with Gasteiger partial charge in [0.2, 0.25) is 5.91 Å². The van der Waals surface area contributed by atoms with Crippen molar-refractivity contribution in [3.05, 3.63) is 60.2 Å². The SMILES string of the molecule is CC(C)CCN1CCC2(C1)C(=O)N(c1ccccc1)c1ccccc12. The van der Waals surface area contributed by atoms with E-state index < -0.39 is 0 Å². The molecule has 2 aromatic rings. The molecule has 130 valence electrons. The van der Waals surface area contributed by atoms with Gasteiger partial charge >= 0.3 is 0 Å². The zero-order valence-corrected chi connectivity index (χ0v) is 15.1. The van der Waals surface area contributed by atoms with Crippen LogP contribution in [0.5, 0.6) is 0 Å². The van der Waals surface area contributed by atoms with Crippen molar-refractivity contribution in [2.45, 2.75) is 32.1 Å². The van der Waals surface area contributed by atoms with Gasteiger partial charge in [-0.2, -0.15) is 0 Å². The molecule has 1 saturated heterocycles. The number of rotatable bonds is 4. The Morgan fingerprint density at radius 1 is 1.04 bits per heavy atom. The number of hydrogen-bond acceptors (Lipinski definition) is 2. The first-order valence-electron chi connectivity index (χ1n) is 9.33. The minimum absolute atomic E-state index is 0.243. The Bertz CT molecular complexity index is 771. The van der Waals surface area contributed by atoms with Crippen LogP contribution in [0.2, 0.25) is 0 Å². The molecule has 1 spiro atoms. The van der Waals surface area contributed by atoms with Crippen molar-refractivity contribution in [2.75, 3.05) is 24.5 Å². The lowest BCUT2D eigenvalue weighted by Gasteiger charge is -2.25. The molecule has 2 aliphatic heterocycles. The van der Waals surface area contributed by atoms with E-state index in [9.17, 15) is 4.79 Å². The fraction of sp³-hybridized carbons (Fsp3) is 0.409. The molecule has 25 heavy (non-hydrogen) atoms. The van der Waals surface area contributed by atoms with Gasteiger partial charge in [-0.25, -0.2) is 0 Å². The van der Waals surface area contributed by atoms with Crippen LogP contribution in [0.25, 0.3) is 0 Å². The first kappa shape index (κ1) is 16.3. The van der Waals surface area contributed by atoms with Crippen molar-refractivity contribution < 1.29 is 4.79 Å². The van der Waals surface area contributed by atoms with E-state index >= 15 is 0 Å². The van der Waals surface area contributed by atoms with Crippen LogP contribution in [0, 0.1) is 5.92 Å². The highest BCUT2D eigenvalue weighted by Crippen LogP contribution is 2.49. The summed E-state index contributed by atoms with van der Waals surface area (Å²) in [5.41, 5.74) is 2.86. The first-order chi connectivity index (χ1) is 12.1. The van der Waals surface area contributed by atoms with E-state index in [1.807, 2.05) is 41.3 Å². The molecule has 3 nitrogen and oxygen atoms in total. The van der Waals surface area contributed by atoms with E-state index in [4.69, 9.17) is 0 Å². The molecule has 1 atom stereocenters. The Balaban J connectivity index is 1.70. The fourth-order valence-corrected chi connectivity index (χ4v) is 4.26. The van der Waals surface area contributed by atoms with Crippen molar-refractivity contribution in [3.8, 4) is 0 Å². The van der Waals surface area contributed by atoms with Crippen molar-refractivity contribution in [2.24, 2.45) is 5.92 Å². The highest BCUT2D eigenvalue weighted by Gasteiger charge is 2.54. The lowest BCUT2D eigenvalue weighted by Crippen LogP contribution is -2.41. The molecule has 2 heterocycles. The van der Waals surface area contributed by atoms with E-state index in [1.165, 1.54) is 12.0 Å². The first-order valence-corrected chi connectivity index (χ1v) is 9.33. The predicted octanol–water partition coefficient (Wildman–Crippen LogP) is 4.35. The third-order valence-corrected chi connectivity index (χ3v) is 5.66. The van der Waals surface area contributed by atoms with Crippen LogP contribution in [0.4, 0.5) is 11.4 Å². The molecular weight excluding hydrogens is 308 g/mol. The van der Waals surface area contributed by atoms with Crippen molar-refractivity contribution in [1.29, 1.82) is 0 Å². The smallest absolute Gasteiger partial charge is 0.243 e. The molecule has 0 aliphatic carbocycles. The van der Waals surface area contributed by atoms with Gasteiger partial charge in [0.1, 0.15) is 0 Å². The summed E-state index contributed by atoms with van der Waals surface area (Å²) in [7, 11) is 0. The molecule has 0 saturated carbocycles. The Hall–Kier alpha value is -2.13. The maximum atomic E-state index is 13.6. The maximum absolute atomic E-state index is 13.6. The van der Waals surface area contributed by atoms with Crippen LogP contribution in [0.15, 0.2) is 54.6 Å². The number of amides is 1. The molecule has 3 heteroatoms. The Labute approximate surface area is 150 Å². The van der Waals surface area contributed by atoms with Gasteiger partial charge in [-0.05, 0) is 55.6 Å². The fourth-order valence-electron chi connectivity index (χ4n) is 4.26. The molecule has 2 aromatic carbocycles. The second kappa shape index (κ2) is 6.30. The van der Waals surface area contributed by atoms with Gasteiger partial charge in [0.25, 0.3) is 0 Å². The van der Waals surface area contributed by atoms with Crippen molar-refractivity contribution in [3.63, 3.8) is 0 Å². The number of para-hydroxylation sites is 2. The Morgan fingerprint density at radius 3 is 2.52 bits per heavy atom. The van der Waals surface area contributed by atoms with Gasteiger partial charge in [0, 0.05) is 12.2 Å². The van der Waals surface area contributed by atoms with Crippen LogP contribution in [0.3, 0.4) is 0 Å². The standard InChI is InChI=1S/C22H26N2O/c1-17(2)12-14-23-15-13-22(16-23)19-10-6-7-11-20(19)24(21(22)25)18-8-4-3-5-9-18/h3-11,17H,12-16H2,1-2H3. The second-order valence-corrected chi connectivity index (χ2v) is 7.78. The molecule has 1 fully saturated rings. The molecule has 0 aromatic heterocycles. The monoisotopic (exact) mass is 334 g/mol. The van der Waals surface area contributed by atoms with Gasteiger partial charge in [-0.15, -0.1) is 0 Å². The highest BCUT2D eigenvalue weighted by molar-refractivity contribution is 6.13. The number of carbonyl (C=O) groups excluding carboxylic acids is 1. The van der Waals surface area contributed by atoms with Crippen LogP contribution in [0.1, 0.15) is 32.3 Å². The normalized spacial score (nSPS) is 23.0. The predicted molar refractivity (Wildman–Crippen MR) is 102 cm³/mol. The Morgan fingerprint density at radius 2 is 1.76 bits per heavy atom. The minimum atomic E-state index is -0.372. The largest absolute Gasteiger partial charge is 0.302 e. The zero-order chi connectivity index (χ0) is 17.4. The summed E-state index contributed by atoms with van der Waals surface area (Å²) in [6.45, 7) is 7.46. The third kappa shape index (κ3) is 2.67. The summed E-state index contributed by atoms with van der Waals surface area (Å²) >= 11 is 0. The number of hydrogen-bond donors (Lipinski definition) is 0. The molecule has 0 radical (unpaired) electrons. The van der Waals surface area contributed by atoms with Crippen molar-refractivity contribution in [1.82, 2.24) is 4.90 Å². The minimum Gasteiger partial charge on any atom is -0.302 e. The van der Waals surface area contributed by atoms with Crippen LogP contribution in [-0.4, -0.2) is 30.4 Å². The van der Waals surface area contributed by atoms with E-state index in [2.05, 4.69) is 36.9 Å². The molecule has 4 rings (SSSR count). The third-order valence-electron chi connectivity index (χ3n) is 5.66. The summed E-state index contributed by atoms with van der Waals surface area (Å²) in [5, 5.41) is 0. The summed E-state index contributed by atoms with van der Waals surface area (Å²) in [6, 6.07) is 18.4. The quantitative estimate of drug-likeness (QED) is 0.830. The summed E-state index contributed by atoms with van der Waals surface area (Å²) < 4.78 is 0. The van der Waals surface area contributed by atoms with Gasteiger partial charge in [-0.1, -0.05) is 50.2 Å². The van der Waals surface area contributed by atoms with E-state index in [1.54, 1.807) is 0 Å². The summed E-state index contributed by atoms with van der Waals surface area (Å²) in [5.74, 6) is 0.941. The number of carbonyl (C=O) groups is 1. The highest BCUT2D eigenvalue weighted by atomic mass is 16.2. The molecule has 1 unspecified atom stereocenters. The van der Waals surface area contributed by atoms with Gasteiger partial charge < -0.3 is 4.90 Å². The van der Waals surface area contributed by atoms with E-state index in [0.29, 0.717) is 5.92 Å². The lowest BCUT2D eigenvalue weighted by molar-refractivity contribution is -0.122. The lowest BCUT2D eigenvalue weighted by atomic mass is 9.81. The molecule has 0 bridgehead atoms. The maximum Gasteiger partial charge on any atom is 0.243 e. The van der Waals surface area contributed by atoms with Crippen LogP contribution in [-0.2, 0) is 10.2 Å². The van der Waals surface area contributed by atoms with Gasteiger partial charge in [0.15, 0.2) is 0 Å². The van der Waals surface area contributed by atoms with Crippen LogP contribution < -0.4 is 4.90 Å². The van der Waals surface area contributed by atoms with Gasteiger partial charge in [-0.3, -0.25) is 9.69 Å². The second-order valence-electron chi connectivity index (χ2n) is 7.78. The average molecular weight is 334 g/mol. The topological polar surface area (TPSA) is 23.6 Å². The summed E-state index contributed by atoms with van der Waals surface area (Å²) in [4.78, 5) is 18.0. The molecule has 2 aliphatic rings. The van der Waals surface area contributed by atoms with E-state index in [-0.39, 0.29) is 11.3 Å². The number of anilines is 2. The van der Waals surface area contributed by atoms with Crippen molar-refractivity contribution >= 4 is 17.3 Å². The number of likely N-dealkylation sites (tertiary alicyclic amines) is 1. The zero-order valence-electron chi connectivity index (χ0n) is 15.1. The summed E-state index contributed by atoms with van der Waals surface area (Å²) in [6.07, 6.45) is 2.11. The molecule has 1 amide bonds. The number of fused-ring (bicyclic) bond motifs is 2. The number of benzene rings is 2.